The zero-order valence-electron chi connectivity index (χ0n) is 9.58. The van der Waals surface area contributed by atoms with E-state index in [1.807, 2.05) is 0 Å². The second-order valence-corrected chi connectivity index (χ2v) is 5.22. The van der Waals surface area contributed by atoms with Gasteiger partial charge in [-0.3, -0.25) is 0 Å². The van der Waals surface area contributed by atoms with Crippen molar-refractivity contribution in [2.75, 3.05) is 0 Å². The van der Waals surface area contributed by atoms with Gasteiger partial charge in [0, 0.05) is 24.4 Å². The third kappa shape index (κ3) is 1.51. The Morgan fingerprint density at radius 1 is 1.20 bits per heavy atom. The average molecular weight is 204 g/mol. The Balaban J connectivity index is 1.95. The molecular formula is C13H20N2. The van der Waals surface area contributed by atoms with Crippen LogP contribution in [0.3, 0.4) is 0 Å². The minimum atomic E-state index is 0.724. The maximum absolute atomic E-state index is 4.69. The normalized spacial score (nSPS) is 26.9. The number of hydrogen-bond donors (Lipinski definition) is 0. The fourth-order valence-corrected chi connectivity index (χ4v) is 3.25. The molecule has 82 valence electrons. The molecule has 1 aromatic heterocycles. The molecule has 0 aromatic carbocycles. The van der Waals surface area contributed by atoms with E-state index < -0.39 is 0 Å². The zero-order chi connectivity index (χ0) is 10.3. The predicted molar refractivity (Wildman–Crippen MR) is 61.1 cm³/mol. The van der Waals surface area contributed by atoms with E-state index in [4.69, 9.17) is 4.98 Å². The van der Waals surface area contributed by atoms with E-state index in [1.54, 1.807) is 0 Å². The van der Waals surface area contributed by atoms with Crippen molar-refractivity contribution in [1.82, 2.24) is 9.55 Å². The van der Waals surface area contributed by atoms with Crippen LogP contribution in [0, 0.1) is 0 Å². The average Bonchev–Trinajstić information content (AvgIpc) is 2.85. The highest BCUT2D eigenvalue weighted by Gasteiger charge is 2.26. The van der Waals surface area contributed by atoms with Gasteiger partial charge < -0.3 is 4.57 Å². The number of rotatable bonds is 1. The van der Waals surface area contributed by atoms with Crippen LogP contribution in [0.15, 0.2) is 6.20 Å². The van der Waals surface area contributed by atoms with Gasteiger partial charge in [-0.05, 0) is 31.6 Å². The lowest BCUT2D eigenvalue weighted by Gasteiger charge is -2.23. The third-order valence-corrected chi connectivity index (χ3v) is 4.16. The van der Waals surface area contributed by atoms with Gasteiger partial charge in [-0.2, -0.15) is 0 Å². The number of nitrogens with zero attached hydrogens (tertiary/aromatic N) is 2. The summed E-state index contributed by atoms with van der Waals surface area (Å²) in [7, 11) is 0. The zero-order valence-corrected chi connectivity index (χ0v) is 9.58. The molecule has 0 N–H and O–H groups in total. The summed E-state index contributed by atoms with van der Waals surface area (Å²) in [4.78, 5) is 4.69. The van der Waals surface area contributed by atoms with E-state index in [9.17, 15) is 0 Å². The van der Waals surface area contributed by atoms with Crippen molar-refractivity contribution in [3.8, 4) is 0 Å². The number of imidazole rings is 1. The van der Waals surface area contributed by atoms with Gasteiger partial charge in [0.05, 0.1) is 0 Å². The Morgan fingerprint density at radius 2 is 2.00 bits per heavy atom. The molecule has 0 radical (unpaired) electrons. The molecule has 1 atom stereocenters. The van der Waals surface area contributed by atoms with Crippen LogP contribution >= 0.6 is 0 Å². The summed E-state index contributed by atoms with van der Waals surface area (Å²) in [6, 6.07) is 0. The van der Waals surface area contributed by atoms with Gasteiger partial charge in [-0.1, -0.05) is 19.8 Å². The smallest absolute Gasteiger partial charge is 0.111 e. The van der Waals surface area contributed by atoms with Crippen LogP contribution in [0.2, 0.25) is 0 Å². The second kappa shape index (κ2) is 3.66. The molecule has 0 amide bonds. The number of aromatic nitrogens is 2. The van der Waals surface area contributed by atoms with Crippen molar-refractivity contribution >= 4 is 0 Å². The van der Waals surface area contributed by atoms with Gasteiger partial charge in [-0.25, -0.2) is 4.98 Å². The molecule has 1 saturated carbocycles. The first kappa shape index (κ1) is 9.44. The fraction of sp³-hybridized carbons (Fsp3) is 0.769. The summed E-state index contributed by atoms with van der Waals surface area (Å²) in [5.41, 5.74) is 1.49. The molecule has 2 heterocycles. The highest BCUT2D eigenvalue weighted by Crippen LogP contribution is 2.36. The van der Waals surface area contributed by atoms with Crippen LogP contribution < -0.4 is 0 Å². The predicted octanol–water partition coefficient (Wildman–Crippen LogP) is 3.44. The van der Waals surface area contributed by atoms with Crippen LogP contribution in [0.25, 0.3) is 0 Å². The SMILES string of the molecule is CC1CCCn2c1cnc2C1CCCC1. The van der Waals surface area contributed by atoms with Gasteiger partial charge in [0.2, 0.25) is 0 Å². The minimum absolute atomic E-state index is 0.724. The first-order valence-corrected chi connectivity index (χ1v) is 6.41. The fourth-order valence-electron chi connectivity index (χ4n) is 3.25. The first-order chi connectivity index (χ1) is 7.36. The molecule has 1 fully saturated rings. The van der Waals surface area contributed by atoms with Crippen molar-refractivity contribution < 1.29 is 0 Å². The lowest BCUT2D eigenvalue weighted by molar-refractivity contribution is 0.450. The van der Waals surface area contributed by atoms with Crippen LogP contribution in [0.1, 0.15) is 68.8 Å². The largest absolute Gasteiger partial charge is 0.332 e. The standard InChI is InChI=1S/C13H20N2/c1-10-5-4-8-15-12(10)9-14-13(15)11-6-2-3-7-11/h9-11H,2-8H2,1H3. The maximum Gasteiger partial charge on any atom is 0.111 e. The molecule has 15 heavy (non-hydrogen) atoms. The van der Waals surface area contributed by atoms with Gasteiger partial charge >= 0.3 is 0 Å². The Bertz CT molecular complexity index is 347. The molecule has 0 bridgehead atoms. The van der Waals surface area contributed by atoms with Gasteiger partial charge in [0.1, 0.15) is 5.82 Å². The first-order valence-electron chi connectivity index (χ1n) is 6.41. The van der Waals surface area contributed by atoms with Crippen LogP contribution in [0.5, 0.6) is 0 Å². The van der Waals surface area contributed by atoms with E-state index in [1.165, 1.54) is 56.6 Å². The summed E-state index contributed by atoms with van der Waals surface area (Å²) in [5, 5.41) is 0. The van der Waals surface area contributed by atoms with Gasteiger partial charge in [-0.15, -0.1) is 0 Å². The summed E-state index contributed by atoms with van der Waals surface area (Å²) in [5.74, 6) is 2.89. The molecule has 1 aromatic rings. The molecule has 0 spiro atoms. The summed E-state index contributed by atoms with van der Waals surface area (Å²) in [6.07, 6.45) is 10.4. The molecule has 0 saturated heterocycles. The molecular weight excluding hydrogens is 184 g/mol. The highest BCUT2D eigenvalue weighted by molar-refractivity contribution is 5.15. The molecule has 1 unspecified atom stereocenters. The third-order valence-electron chi connectivity index (χ3n) is 4.16. The number of fused-ring (bicyclic) bond motifs is 1. The van der Waals surface area contributed by atoms with E-state index >= 15 is 0 Å². The summed E-state index contributed by atoms with van der Waals surface area (Å²) < 4.78 is 2.52. The van der Waals surface area contributed by atoms with Gasteiger partial charge in [0.15, 0.2) is 0 Å². The van der Waals surface area contributed by atoms with E-state index in [0.717, 1.165) is 11.8 Å². The quantitative estimate of drug-likeness (QED) is 0.685. The monoisotopic (exact) mass is 204 g/mol. The highest BCUT2D eigenvalue weighted by atomic mass is 15.1. The van der Waals surface area contributed by atoms with Crippen molar-refractivity contribution in [2.24, 2.45) is 0 Å². The van der Waals surface area contributed by atoms with Crippen molar-refractivity contribution in [2.45, 2.75) is 63.8 Å². The molecule has 2 nitrogen and oxygen atoms in total. The summed E-state index contributed by atoms with van der Waals surface area (Å²) in [6.45, 7) is 3.55. The van der Waals surface area contributed by atoms with E-state index in [2.05, 4.69) is 17.7 Å². The van der Waals surface area contributed by atoms with Crippen LogP contribution in [-0.2, 0) is 6.54 Å². The topological polar surface area (TPSA) is 17.8 Å². The van der Waals surface area contributed by atoms with Crippen LogP contribution in [0.4, 0.5) is 0 Å². The molecule has 3 rings (SSSR count). The Kier molecular flexibility index (Phi) is 2.30. The lowest BCUT2D eigenvalue weighted by atomic mass is 9.98. The Morgan fingerprint density at radius 3 is 2.80 bits per heavy atom. The molecule has 2 aliphatic rings. The van der Waals surface area contributed by atoms with Crippen molar-refractivity contribution in [1.29, 1.82) is 0 Å². The second-order valence-electron chi connectivity index (χ2n) is 5.22. The maximum atomic E-state index is 4.69. The molecule has 1 aliphatic heterocycles. The Hall–Kier alpha value is -0.790. The Labute approximate surface area is 91.7 Å². The van der Waals surface area contributed by atoms with Crippen molar-refractivity contribution in [3.05, 3.63) is 17.7 Å². The van der Waals surface area contributed by atoms with Crippen LogP contribution in [-0.4, -0.2) is 9.55 Å². The van der Waals surface area contributed by atoms with Gasteiger partial charge in [0.25, 0.3) is 0 Å². The lowest BCUT2D eigenvalue weighted by Crippen LogP contribution is -2.16. The minimum Gasteiger partial charge on any atom is -0.332 e. The van der Waals surface area contributed by atoms with E-state index in [-0.39, 0.29) is 0 Å². The number of hydrogen-bond acceptors (Lipinski definition) is 1. The van der Waals surface area contributed by atoms with Crippen molar-refractivity contribution in [3.63, 3.8) is 0 Å². The summed E-state index contributed by atoms with van der Waals surface area (Å²) >= 11 is 0. The molecule has 2 heteroatoms. The van der Waals surface area contributed by atoms with E-state index in [0.29, 0.717) is 0 Å². The molecule has 1 aliphatic carbocycles.